The second kappa shape index (κ2) is 7.63. The van der Waals surface area contributed by atoms with Crippen LogP contribution < -0.4 is 4.74 Å². The number of thioether (sulfide) groups is 1. The van der Waals surface area contributed by atoms with Crippen molar-refractivity contribution in [3.05, 3.63) is 48.2 Å². The van der Waals surface area contributed by atoms with Gasteiger partial charge in [0.25, 0.3) is 0 Å². The minimum atomic E-state index is 0.0154. The highest BCUT2D eigenvalue weighted by Gasteiger charge is 2.28. The van der Waals surface area contributed by atoms with Crippen molar-refractivity contribution in [2.24, 2.45) is 0 Å². The van der Waals surface area contributed by atoms with Gasteiger partial charge in [-0.1, -0.05) is 30.0 Å². The number of amides is 1. The minimum Gasteiger partial charge on any atom is -0.472 e. The van der Waals surface area contributed by atoms with Crippen molar-refractivity contribution in [1.82, 2.24) is 14.9 Å². The van der Waals surface area contributed by atoms with E-state index in [1.165, 1.54) is 11.8 Å². The lowest BCUT2D eigenvalue weighted by atomic mass is 10.3. The van der Waals surface area contributed by atoms with Crippen molar-refractivity contribution in [3.63, 3.8) is 0 Å². The standard InChI is InChI=1S/C19H19N3O2S2/c1-13-6-7-17(20-10-13)24-14-8-9-22(11-14)18(23)12-25-19-21-15-4-2-3-5-16(15)26-19/h2-7,10,14H,8-9,11-12H2,1H3. The molecule has 5 nitrogen and oxygen atoms in total. The highest BCUT2D eigenvalue weighted by Crippen LogP contribution is 2.29. The van der Waals surface area contributed by atoms with E-state index in [0.717, 1.165) is 33.1 Å². The van der Waals surface area contributed by atoms with Gasteiger partial charge in [0.1, 0.15) is 6.10 Å². The molecule has 1 aromatic carbocycles. The number of para-hydroxylation sites is 1. The number of pyridine rings is 1. The van der Waals surface area contributed by atoms with Gasteiger partial charge in [0.15, 0.2) is 4.34 Å². The van der Waals surface area contributed by atoms with E-state index in [9.17, 15) is 4.79 Å². The van der Waals surface area contributed by atoms with Crippen LogP contribution in [0.5, 0.6) is 5.88 Å². The second-order valence-electron chi connectivity index (χ2n) is 6.28. The Bertz CT molecular complexity index is 878. The normalized spacial score (nSPS) is 17.0. The van der Waals surface area contributed by atoms with Gasteiger partial charge in [-0.2, -0.15) is 0 Å². The molecule has 4 rings (SSSR count). The van der Waals surface area contributed by atoms with Crippen LogP contribution in [0.3, 0.4) is 0 Å². The first-order chi connectivity index (χ1) is 12.7. The monoisotopic (exact) mass is 385 g/mol. The number of carbonyl (C=O) groups is 1. The number of nitrogens with zero attached hydrogens (tertiary/aromatic N) is 3. The Balaban J connectivity index is 1.29. The van der Waals surface area contributed by atoms with Gasteiger partial charge >= 0.3 is 0 Å². The number of rotatable bonds is 5. The number of benzene rings is 1. The lowest BCUT2D eigenvalue weighted by Gasteiger charge is -2.16. The van der Waals surface area contributed by atoms with Gasteiger partial charge in [-0.05, 0) is 24.6 Å². The van der Waals surface area contributed by atoms with Crippen molar-refractivity contribution in [2.45, 2.75) is 23.8 Å². The van der Waals surface area contributed by atoms with E-state index < -0.39 is 0 Å². The molecule has 0 saturated carbocycles. The van der Waals surface area contributed by atoms with Gasteiger partial charge in [-0.15, -0.1) is 11.3 Å². The van der Waals surface area contributed by atoms with E-state index in [1.54, 1.807) is 17.5 Å². The molecule has 1 amide bonds. The van der Waals surface area contributed by atoms with Crippen LogP contribution in [-0.4, -0.2) is 45.7 Å². The molecule has 0 aliphatic carbocycles. The molecular weight excluding hydrogens is 366 g/mol. The van der Waals surface area contributed by atoms with E-state index in [-0.39, 0.29) is 12.0 Å². The topological polar surface area (TPSA) is 55.3 Å². The third kappa shape index (κ3) is 3.99. The fourth-order valence-corrected chi connectivity index (χ4v) is 4.84. The molecule has 3 aromatic rings. The van der Waals surface area contributed by atoms with E-state index in [2.05, 4.69) is 16.0 Å². The van der Waals surface area contributed by atoms with Gasteiger partial charge in [-0.25, -0.2) is 9.97 Å². The number of fused-ring (bicyclic) bond motifs is 1. The Morgan fingerprint density at radius 3 is 3.04 bits per heavy atom. The number of aryl methyl sites for hydroxylation is 1. The van der Waals surface area contributed by atoms with Crippen molar-refractivity contribution in [1.29, 1.82) is 0 Å². The molecule has 0 N–H and O–H groups in total. The Morgan fingerprint density at radius 1 is 1.35 bits per heavy atom. The summed E-state index contributed by atoms with van der Waals surface area (Å²) in [6.07, 6.45) is 2.65. The molecule has 1 atom stereocenters. The highest BCUT2D eigenvalue weighted by molar-refractivity contribution is 8.01. The van der Waals surface area contributed by atoms with E-state index in [4.69, 9.17) is 4.74 Å². The van der Waals surface area contributed by atoms with Crippen molar-refractivity contribution < 1.29 is 9.53 Å². The van der Waals surface area contributed by atoms with Gasteiger partial charge in [0, 0.05) is 25.2 Å². The molecule has 1 aliphatic rings. The molecule has 0 radical (unpaired) electrons. The number of thiazole rings is 1. The van der Waals surface area contributed by atoms with Crippen LogP contribution in [0.1, 0.15) is 12.0 Å². The molecular formula is C19H19N3O2S2. The number of hydrogen-bond donors (Lipinski definition) is 0. The van der Waals surface area contributed by atoms with Gasteiger partial charge in [0.2, 0.25) is 11.8 Å². The SMILES string of the molecule is Cc1ccc(OC2CCN(C(=O)CSc3nc4ccccc4s3)C2)nc1. The molecule has 1 saturated heterocycles. The third-order valence-electron chi connectivity index (χ3n) is 4.26. The molecule has 0 bridgehead atoms. The Labute approximate surface area is 160 Å². The summed E-state index contributed by atoms with van der Waals surface area (Å²) in [7, 11) is 0. The summed E-state index contributed by atoms with van der Waals surface area (Å²) in [6, 6.07) is 11.9. The Hall–Kier alpha value is -2.12. The van der Waals surface area contributed by atoms with E-state index in [0.29, 0.717) is 18.2 Å². The average molecular weight is 386 g/mol. The van der Waals surface area contributed by atoms with Crippen molar-refractivity contribution >= 4 is 39.2 Å². The highest BCUT2D eigenvalue weighted by atomic mass is 32.2. The molecule has 1 unspecified atom stereocenters. The van der Waals surface area contributed by atoms with Crippen LogP contribution in [0, 0.1) is 6.92 Å². The fraction of sp³-hybridized carbons (Fsp3) is 0.316. The summed E-state index contributed by atoms with van der Waals surface area (Å²) < 4.78 is 7.99. The van der Waals surface area contributed by atoms with Gasteiger partial charge < -0.3 is 9.64 Å². The Morgan fingerprint density at radius 2 is 2.23 bits per heavy atom. The quantitative estimate of drug-likeness (QED) is 0.626. The molecule has 1 fully saturated rings. The number of hydrogen-bond acceptors (Lipinski definition) is 6. The van der Waals surface area contributed by atoms with Crippen LogP contribution in [0.15, 0.2) is 46.9 Å². The zero-order valence-electron chi connectivity index (χ0n) is 14.4. The van der Waals surface area contributed by atoms with Gasteiger partial charge in [0.05, 0.1) is 22.5 Å². The fourth-order valence-electron chi connectivity index (χ4n) is 2.87. The molecule has 0 spiro atoms. The average Bonchev–Trinajstić information content (AvgIpc) is 3.28. The first kappa shape index (κ1) is 17.3. The number of aromatic nitrogens is 2. The first-order valence-electron chi connectivity index (χ1n) is 8.53. The van der Waals surface area contributed by atoms with E-state index in [1.807, 2.05) is 42.2 Å². The largest absolute Gasteiger partial charge is 0.472 e. The van der Waals surface area contributed by atoms with E-state index >= 15 is 0 Å². The van der Waals surface area contributed by atoms with Crippen LogP contribution in [0.4, 0.5) is 0 Å². The third-order valence-corrected chi connectivity index (χ3v) is 6.43. The molecule has 7 heteroatoms. The van der Waals surface area contributed by atoms with Crippen LogP contribution in [0.2, 0.25) is 0 Å². The zero-order valence-corrected chi connectivity index (χ0v) is 16.1. The number of carbonyl (C=O) groups excluding carboxylic acids is 1. The summed E-state index contributed by atoms with van der Waals surface area (Å²) in [5.41, 5.74) is 2.10. The minimum absolute atomic E-state index is 0.0154. The molecule has 134 valence electrons. The summed E-state index contributed by atoms with van der Waals surface area (Å²) in [5, 5.41) is 0. The van der Waals surface area contributed by atoms with Crippen LogP contribution in [-0.2, 0) is 4.79 Å². The second-order valence-corrected chi connectivity index (χ2v) is 8.53. The maximum absolute atomic E-state index is 12.5. The summed E-state index contributed by atoms with van der Waals surface area (Å²) in [6.45, 7) is 3.35. The van der Waals surface area contributed by atoms with Crippen molar-refractivity contribution in [3.8, 4) is 5.88 Å². The lowest BCUT2D eigenvalue weighted by Crippen LogP contribution is -2.32. The van der Waals surface area contributed by atoms with Gasteiger partial charge in [-0.3, -0.25) is 4.79 Å². The summed E-state index contributed by atoms with van der Waals surface area (Å²) in [5.74, 6) is 1.17. The summed E-state index contributed by atoms with van der Waals surface area (Å²) in [4.78, 5) is 23.2. The van der Waals surface area contributed by atoms with Crippen molar-refractivity contribution in [2.75, 3.05) is 18.8 Å². The Kier molecular flexibility index (Phi) is 5.08. The zero-order chi connectivity index (χ0) is 17.9. The molecule has 1 aliphatic heterocycles. The van der Waals surface area contributed by atoms with Crippen LogP contribution in [0.25, 0.3) is 10.2 Å². The maximum Gasteiger partial charge on any atom is 0.233 e. The molecule has 2 aromatic heterocycles. The first-order valence-corrected chi connectivity index (χ1v) is 10.3. The predicted molar refractivity (Wildman–Crippen MR) is 105 cm³/mol. The lowest BCUT2D eigenvalue weighted by molar-refractivity contribution is -0.127. The molecule has 26 heavy (non-hydrogen) atoms. The summed E-state index contributed by atoms with van der Waals surface area (Å²) >= 11 is 3.14. The van der Waals surface area contributed by atoms with Crippen LogP contribution >= 0.6 is 23.1 Å². The smallest absolute Gasteiger partial charge is 0.233 e. The molecule has 3 heterocycles. The maximum atomic E-state index is 12.5. The predicted octanol–water partition coefficient (Wildman–Crippen LogP) is 3.77. The number of ether oxygens (including phenoxy) is 1. The number of likely N-dealkylation sites (tertiary alicyclic amines) is 1.